The molecule has 3 N–H and O–H groups in total. The van der Waals surface area contributed by atoms with Crippen LogP contribution in [0.25, 0.3) is 0 Å². The van der Waals surface area contributed by atoms with Crippen LogP contribution in [-0.4, -0.2) is 57.3 Å². The number of cyclic esters (lactones) is 1. The Balaban J connectivity index is 0.979. The lowest BCUT2D eigenvalue weighted by atomic mass is 9.31. The minimum Gasteiger partial charge on any atom is -0.462 e. The highest BCUT2D eigenvalue weighted by molar-refractivity contribution is 5.85. The molecule has 1 aliphatic heterocycles. The zero-order chi connectivity index (χ0) is 49.5. The summed E-state index contributed by atoms with van der Waals surface area (Å²) in [4.78, 5) is 27.1. The van der Waals surface area contributed by atoms with E-state index in [1.165, 1.54) is 76.2 Å². The van der Waals surface area contributed by atoms with Crippen molar-refractivity contribution in [1.82, 2.24) is 0 Å². The van der Waals surface area contributed by atoms with Crippen molar-refractivity contribution in [2.45, 2.75) is 229 Å². The van der Waals surface area contributed by atoms with E-state index < -0.39 is 45.6 Å². The molecule has 71 heavy (non-hydrogen) atoms. The quantitative estimate of drug-likeness (QED) is 0.113. The highest BCUT2D eigenvalue weighted by Gasteiger charge is 2.81. The maximum Gasteiger partial charge on any atom is 0.331 e. The Labute approximate surface area is 427 Å². The lowest BCUT2D eigenvalue weighted by Crippen LogP contribution is -2.83. The van der Waals surface area contributed by atoms with Crippen LogP contribution in [0.15, 0.2) is 84.5 Å². The maximum atomic E-state index is 14.7. The third-order valence-electron chi connectivity index (χ3n) is 22.2. The molecule has 2 aromatic carbocycles. The first kappa shape index (κ1) is 51.2. The van der Waals surface area contributed by atoms with Gasteiger partial charge in [0, 0.05) is 17.4 Å². The van der Waals surface area contributed by atoms with Gasteiger partial charge in [-0.25, -0.2) is 4.79 Å². The van der Waals surface area contributed by atoms with Crippen LogP contribution >= 0.6 is 0 Å². The number of hydrogen-bond donors (Lipinski definition) is 3. The normalized spacial score (nSPS) is 39.4. The summed E-state index contributed by atoms with van der Waals surface area (Å²) in [5, 5.41) is 41.8. The first-order chi connectivity index (χ1) is 34.2. The molecule has 0 amide bonds. The zero-order valence-electron chi connectivity index (χ0n) is 44.0. The highest BCUT2D eigenvalue weighted by Crippen LogP contribution is 2.76. The van der Waals surface area contributed by atoms with Crippen LogP contribution in [0.5, 0.6) is 0 Å². The van der Waals surface area contributed by atoms with Gasteiger partial charge in [0.2, 0.25) is 0 Å². The molecular weight excluding hydrogens is 881 g/mol. The largest absolute Gasteiger partial charge is 0.462 e. The van der Waals surface area contributed by atoms with E-state index in [2.05, 4.69) is 87.5 Å². The van der Waals surface area contributed by atoms with E-state index in [0.29, 0.717) is 42.4 Å². The summed E-state index contributed by atoms with van der Waals surface area (Å²) >= 11 is 0. The second kappa shape index (κ2) is 20.5. The Hall–Kier alpha value is -3.26. The van der Waals surface area contributed by atoms with Gasteiger partial charge in [0.1, 0.15) is 12.7 Å². The molecule has 10 rings (SSSR count). The number of esters is 2. The van der Waals surface area contributed by atoms with Crippen molar-refractivity contribution in [2.75, 3.05) is 6.61 Å². The Morgan fingerprint density at radius 3 is 2.15 bits per heavy atom. The zero-order valence-corrected chi connectivity index (χ0v) is 44.0. The summed E-state index contributed by atoms with van der Waals surface area (Å²) in [6.45, 7) is 7.01. The molecule has 10 unspecified atom stereocenters. The van der Waals surface area contributed by atoms with Gasteiger partial charge >= 0.3 is 11.9 Å². The predicted octanol–water partition coefficient (Wildman–Crippen LogP) is 13.7. The standard InChI is InChI=1S/C64H90O7/c1-46(17-16-20-47-18-8-4-9-19-47)25-37-62(68)40-39-58(2)44-53(71-57(67)50-21-10-5-11-22-50)56-59(3,33-30-54(65)64(56,62)63(58,69)38-27-48-41-55(66)70-45-48)51-28-35-60(36-29-51)34-26-49(42-60)43-61(31-14-7-15-32-61)52-23-12-6-13-24-52/h4,6,8-9,12-13,18-19,23-24,39-41,46,49-51,53-54,56,65,68-69H,5,7,10-11,14-17,20-22,25-38,42-45H2,1-3H3. The molecular formula is C64H90O7. The summed E-state index contributed by atoms with van der Waals surface area (Å²) in [6, 6.07) is 22.1. The van der Waals surface area contributed by atoms with E-state index in [9.17, 15) is 24.9 Å². The fourth-order valence-electron chi connectivity index (χ4n) is 18.3. The highest BCUT2D eigenvalue weighted by atomic mass is 16.5. The molecule has 1 heterocycles. The Morgan fingerprint density at radius 2 is 1.45 bits per heavy atom. The number of benzene rings is 2. The Bertz CT molecular complexity index is 2220. The molecule has 388 valence electrons. The van der Waals surface area contributed by atoms with E-state index in [1.807, 2.05) is 6.08 Å². The van der Waals surface area contributed by atoms with Crippen molar-refractivity contribution in [1.29, 1.82) is 0 Å². The first-order valence-electron chi connectivity index (χ1n) is 29.2. The number of fused-ring (bicyclic) bond motifs is 1. The molecule has 2 bridgehead atoms. The fourth-order valence-corrected chi connectivity index (χ4v) is 18.3. The Morgan fingerprint density at radius 1 is 0.761 bits per heavy atom. The van der Waals surface area contributed by atoms with Crippen LogP contribution in [0, 0.1) is 51.2 Å². The van der Waals surface area contributed by atoms with Gasteiger partial charge in [-0.15, -0.1) is 0 Å². The van der Waals surface area contributed by atoms with Crippen molar-refractivity contribution >= 4 is 11.9 Å². The molecule has 6 fully saturated rings. The molecule has 2 spiro atoms. The van der Waals surface area contributed by atoms with Gasteiger partial charge in [-0.05, 0) is 186 Å². The number of hydrogen-bond acceptors (Lipinski definition) is 7. The van der Waals surface area contributed by atoms with E-state index in [0.717, 1.165) is 88.5 Å². The summed E-state index contributed by atoms with van der Waals surface area (Å²) in [7, 11) is 0. The molecule has 0 aromatic heterocycles. The van der Waals surface area contributed by atoms with Crippen LogP contribution < -0.4 is 0 Å². The third-order valence-corrected chi connectivity index (χ3v) is 22.2. The number of aliphatic hydroxyl groups is 3. The van der Waals surface area contributed by atoms with Crippen LogP contribution in [-0.2, 0) is 30.9 Å². The number of aryl methyl sites for hydroxylation is 1. The monoisotopic (exact) mass is 971 g/mol. The van der Waals surface area contributed by atoms with Crippen molar-refractivity contribution < 1.29 is 34.4 Å². The lowest BCUT2D eigenvalue weighted by Gasteiger charge is -2.76. The molecule has 2 aromatic rings. The number of carbonyl (C=O) groups is 2. The summed E-state index contributed by atoms with van der Waals surface area (Å²) in [5.74, 6) is 0.209. The number of rotatable bonds is 16. The van der Waals surface area contributed by atoms with Gasteiger partial charge in [0.15, 0.2) is 0 Å². The average Bonchev–Trinajstić information content (AvgIpc) is 3.99. The van der Waals surface area contributed by atoms with Gasteiger partial charge in [0.05, 0.1) is 28.6 Å². The van der Waals surface area contributed by atoms with Crippen molar-refractivity contribution in [3.05, 3.63) is 95.6 Å². The number of carbonyl (C=O) groups excluding carboxylic acids is 2. The smallest absolute Gasteiger partial charge is 0.331 e. The molecule has 7 nitrogen and oxygen atoms in total. The average molecular weight is 971 g/mol. The molecule has 10 atom stereocenters. The molecule has 7 heteroatoms. The third kappa shape index (κ3) is 9.37. The molecule has 6 saturated carbocycles. The summed E-state index contributed by atoms with van der Waals surface area (Å²) < 4.78 is 12.5. The van der Waals surface area contributed by atoms with Gasteiger partial charge < -0.3 is 24.8 Å². The number of aliphatic hydroxyl groups excluding tert-OH is 1. The van der Waals surface area contributed by atoms with Gasteiger partial charge in [-0.1, -0.05) is 139 Å². The van der Waals surface area contributed by atoms with Crippen LogP contribution in [0.2, 0.25) is 0 Å². The summed E-state index contributed by atoms with van der Waals surface area (Å²) in [6.07, 6.45) is 31.8. The van der Waals surface area contributed by atoms with Crippen LogP contribution in [0.3, 0.4) is 0 Å². The second-order valence-corrected chi connectivity index (χ2v) is 26.2. The van der Waals surface area contributed by atoms with E-state index >= 15 is 0 Å². The molecule has 0 radical (unpaired) electrons. The van der Waals surface area contributed by atoms with E-state index in [4.69, 9.17) is 9.47 Å². The van der Waals surface area contributed by atoms with Gasteiger partial charge in [0.25, 0.3) is 0 Å². The first-order valence-corrected chi connectivity index (χ1v) is 29.2. The maximum absolute atomic E-state index is 14.7. The molecule has 7 aliphatic carbocycles. The predicted molar refractivity (Wildman–Crippen MR) is 281 cm³/mol. The molecule has 8 aliphatic rings. The van der Waals surface area contributed by atoms with Crippen molar-refractivity contribution in [2.24, 2.45) is 51.2 Å². The van der Waals surface area contributed by atoms with Crippen molar-refractivity contribution in [3.8, 4) is 0 Å². The fraction of sp³-hybridized carbons (Fsp3) is 0.719. The van der Waals surface area contributed by atoms with E-state index in [-0.39, 0.29) is 36.8 Å². The van der Waals surface area contributed by atoms with Crippen molar-refractivity contribution in [3.63, 3.8) is 0 Å². The topological polar surface area (TPSA) is 113 Å². The number of ether oxygens (including phenoxy) is 2. The second-order valence-electron chi connectivity index (χ2n) is 26.2. The van der Waals surface area contributed by atoms with Gasteiger partial charge in [-0.2, -0.15) is 0 Å². The van der Waals surface area contributed by atoms with Gasteiger partial charge in [-0.3, -0.25) is 4.79 Å². The van der Waals surface area contributed by atoms with Crippen LogP contribution in [0.4, 0.5) is 0 Å². The van der Waals surface area contributed by atoms with E-state index in [1.54, 1.807) is 11.6 Å². The minimum atomic E-state index is -1.59. The minimum absolute atomic E-state index is 0.128. The lowest BCUT2D eigenvalue weighted by molar-refractivity contribution is -0.362. The SMILES string of the molecule is CC(CCCc1ccccc1)CCC1(O)C=CC2(C)CC(OC(=O)C3CCCCC3)C3C(C)(C4CCC5(CCC(CC6(c7ccccc7)CCCCC6)C5)CC4)CCC(O)C31C2(O)CCC1=CC(=O)OC1. The summed E-state index contributed by atoms with van der Waals surface area (Å²) in [5.41, 5.74) is -1.61. The Kier molecular flexibility index (Phi) is 14.8. The molecule has 0 saturated heterocycles. The van der Waals surface area contributed by atoms with Crippen LogP contribution in [0.1, 0.15) is 205 Å².